The summed E-state index contributed by atoms with van der Waals surface area (Å²) in [7, 11) is 0. The van der Waals surface area contributed by atoms with Gasteiger partial charge in [-0.2, -0.15) is 0 Å². The summed E-state index contributed by atoms with van der Waals surface area (Å²) in [4.78, 5) is 11.3. The highest BCUT2D eigenvalue weighted by molar-refractivity contribution is 6.21. The minimum absolute atomic E-state index is 0.0147. The molecule has 1 aliphatic rings. The topological polar surface area (TPSA) is 55.9 Å². The Balaban J connectivity index is 1.09. The van der Waals surface area contributed by atoms with E-state index in [0.29, 0.717) is 12.3 Å². The average Bonchev–Trinajstić information content (AvgIpc) is 4.02. The second kappa shape index (κ2) is 14.4. The first-order valence-electron chi connectivity index (χ1n) is 22.0. The molecule has 4 heterocycles. The van der Waals surface area contributed by atoms with Gasteiger partial charge in [0.2, 0.25) is 0 Å². The molecule has 0 bridgehead atoms. The zero-order valence-electron chi connectivity index (χ0n) is 35.0. The smallest absolute Gasteiger partial charge is 0.160 e. The summed E-state index contributed by atoms with van der Waals surface area (Å²) < 4.78 is 16.0. The van der Waals surface area contributed by atoms with Crippen molar-refractivity contribution in [2.45, 2.75) is 13.3 Å². The summed E-state index contributed by atoms with van der Waals surface area (Å²) in [5.41, 5.74) is 13.5. The van der Waals surface area contributed by atoms with Gasteiger partial charge in [-0.1, -0.05) is 159 Å². The Hall–Kier alpha value is -8.28. The van der Waals surface area contributed by atoms with Crippen LogP contribution >= 0.6 is 0 Å². The minimum Gasteiger partial charge on any atom is -0.455 e. The first-order valence-corrected chi connectivity index (χ1v) is 22.0. The molecule has 0 amide bonds. The number of hydrogen-bond acceptors (Lipinski definition) is 4. The normalized spacial score (nSPS) is 15.5. The summed E-state index contributed by atoms with van der Waals surface area (Å²) >= 11 is 0. The predicted molar refractivity (Wildman–Crippen MR) is 266 cm³/mol. The number of aromatic nitrogens is 1. The molecule has 1 aliphatic heterocycles. The van der Waals surface area contributed by atoms with Crippen molar-refractivity contribution in [3.05, 3.63) is 217 Å². The second-order valence-electron chi connectivity index (χ2n) is 16.9. The number of furan rings is 2. The van der Waals surface area contributed by atoms with Crippen molar-refractivity contribution < 1.29 is 8.83 Å². The Bertz CT molecular complexity index is 3940. The lowest BCUT2D eigenvalue weighted by Gasteiger charge is -2.20. The van der Waals surface area contributed by atoms with E-state index in [9.17, 15) is 0 Å². The van der Waals surface area contributed by atoms with Crippen LogP contribution in [0.1, 0.15) is 30.0 Å². The van der Waals surface area contributed by atoms with E-state index in [1.165, 1.54) is 21.5 Å². The molecule has 5 nitrogen and oxygen atoms in total. The van der Waals surface area contributed by atoms with E-state index >= 15 is 0 Å². The lowest BCUT2D eigenvalue weighted by molar-refractivity contribution is 0.666. The van der Waals surface area contributed by atoms with Crippen LogP contribution in [0.3, 0.4) is 0 Å². The number of nitrogens with zero attached hydrogens (tertiary/aromatic N) is 3. The minimum atomic E-state index is 0.0147. The fourth-order valence-electron chi connectivity index (χ4n) is 9.92. The number of benzene rings is 9. The Morgan fingerprint density at radius 3 is 1.84 bits per heavy atom. The first kappa shape index (κ1) is 36.4. The van der Waals surface area contributed by atoms with Gasteiger partial charge in [-0.3, -0.25) is 0 Å². The SMILES string of the molecule is CC1C/C=C(\c2ccc3c(oc4ccccc43)c2-n2c3ccccc3c3cc4ccccc4cc32)N=C(c2ccc(-c3ccccc3)cc2)N=C1c1cccc2c1oc1ccccc12. The fourth-order valence-corrected chi connectivity index (χ4v) is 9.92. The van der Waals surface area contributed by atoms with Crippen LogP contribution in [-0.4, -0.2) is 16.1 Å². The highest BCUT2D eigenvalue weighted by atomic mass is 16.3. The number of para-hydroxylation sites is 4. The Labute approximate surface area is 368 Å². The Morgan fingerprint density at radius 1 is 0.453 bits per heavy atom. The van der Waals surface area contributed by atoms with Gasteiger partial charge in [0.15, 0.2) is 11.4 Å². The van der Waals surface area contributed by atoms with Gasteiger partial charge in [0.05, 0.1) is 28.1 Å². The summed E-state index contributed by atoms with van der Waals surface area (Å²) in [6.45, 7) is 2.26. The molecule has 0 saturated heterocycles. The van der Waals surface area contributed by atoms with E-state index in [0.717, 1.165) is 99.8 Å². The average molecular weight is 822 g/mol. The van der Waals surface area contributed by atoms with Crippen LogP contribution in [0.15, 0.2) is 219 Å². The summed E-state index contributed by atoms with van der Waals surface area (Å²) in [6.07, 6.45) is 3.00. The van der Waals surface area contributed by atoms with Crippen LogP contribution < -0.4 is 0 Å². The van der Waals surface area contributed by atoms with Crippen LogP contribution in [-0.2, 0) is 0 Å². The highest BCUT2D eigenvalue weighted by Crippen LogP contribution is 2.43. The van der Waals surface area contributed by atoms with Crippen molar-refractivity contribution in [1.82, 2.24) is 4.57 Å². The standard InChI is InChI=1S/C59H39N3O2/c1-36-26-33-50(60-59(39-29-27-38(28-30-39)37-14-3-2-4-15-37)61-55(36)48-22-13-21-45-43-19-8-11-24-53(43)63-57(45)48)47-32-31-46-44-20-9-12-25-54(44)64-58(46)56(47)62-51-23-10-7-18-42(51)49-34-40-16-5-6-17-41(40)35-52(49)62/h2-25,27-36H,26H2,1H3/b50-33+,60-59?,61-55?. The van der Waals surface area contributed by atoms with Gasteiger partial charge in [-0.25, -0.2) is 9.98 Å². The van der Waals surface area contributed by atoms with Gasteiger partial charge in [0, 0.05) is 54.9 Å². The molecule has 64 heavy (non-hydrogen) atoms. The highest BCUT2D eigenvalue weighted by Gasteiger charge is 2.26. The van der Waals surface area contributed by atoms with Crippen molar-refractivity contribution in [2.24, 2.45) is 15.9 Å². The number of rotatable bonds is 5. The van der Waals surface area contributed by atoms with E-state index in [2.05, 4.69) is 187 Å². The summed E-state index contributed by atoms with van der Waals surface area (Å²) in [5, 5.41) is 9.06. The van der Waals surface area contributed by atoms with Crippen molar-refractivity contribution in [3.8, 4) is 16.8 Å². The molecule has 0 spiro atoms. The Kier molecular flexibility index (Phi) is 8.19. The van der Waals surface area contributed by atoms with Gasteiger partial charge in [-0.05, 0) is 76.9 Å². The molecule has 0 N–H and O–H groups in total. The second-order valence-corrected chi connectivity index (χ2v) is 16.9. The maximum atomic E-state index is 6.97. The lowest BCUT2D eigenvalue weighted by Crippen LogP contribution is -2.17. The molecule has 0 saturated carbocycles. The maximum absolute atomic E-state index is 6.97. The molecule has 1 unspecified atom stereocenters. The van der Waals surface area contributed by atoms with Crippen molar-refractivity contribution in [3.63, 3.8) is 0 Å². The lowest BCUT2D eigenvalue weighted by atomic mass is 9.92. The van der Waals surface area contributed by atoms with Crippen LogP contribution in [0.2, 0.25) is 0 Å². The molecule has 1 atom stereocenters. The summed E-state index contributed by atoms with van der Waals surface area (Å²) in [5.74, 6) is 0.644. The van der Waals surface area contributed by atoms with Crippen molar-refractivity contribution in [2.75, 3.05) is 0 Å². The van der Waals surface area contributed by atoms with Gasteiger partial charge in [-0.15, -0.1) is 0 Å². The predicted octanol–water partition coefficient (Wildman–Crippen LogP) is 15.7. The van der Waals surface area contributed by atoms with Crippen LogP contribution in [0.4, 0.5) is 0 Å². The molecule has 5 heteroatoms. The molecular formula is C59H39N3O2. The molecule has 13 rings (SSSR count). The van der Waals surface area contributed by atoms with Crippen molar-refractivity contribution in [1.29, 1.82) is 0 Å². The van der Waals surface area contributed by atoms with Gasteiger partial charge >= 0.3 is 0 Å². The van der Waals surface area contributed by atoms with E-state index in [1.807, 2.05) is 24.3 Å². The molecule has 12 aromatic rings. The largest absolute Gasteiger partial charge is 0.455 e. The van der Waals surface area contributed by atoms with E-state index in [1.54, 1.807) is 0 Å². The van der Waals surface area contributed by atoms with Crippen LogP contribution in [0.25, 0.3) is 99.0 Å². The molecule has 0 radical (unpaired) electrons. The Morgan fingerprint density at radius 2 is 1.06 bits per heavy atom. The number of amidine groups is 1. The molecule has 3 aromatic heterocycles. The van der Waals surface area contributed by atoms with Gasteiger partial charge in [0.25, 0.3) is 0 Å². The van der Waals surface area contributed by atoms with Gasteiger partial charge < -0.3 is 13.4 Å². The van der Waals surface area contributed by atoms with Crippen LogP contribution in [0.5, 0.6) is 0 Å². The molecule has 302 valence electrons. The number of allylic oxidation sites excluding steroid dienone is 1. The number of hydrogen-bond donors (Lipinski definition) is 0. The quantitative estimate of drug-likeness (QED) is 0.174. The monoisotopic (exact) mass is 821 g/mol. The molecule has 9 aromatic carbocycles. The fraction of sp³-hybridized carbons (Fsp3) is 0.0508. The summed E-state index contributed by atoms with van der Waals surface area (Å²) in [6, 6.07) is 68.5. The van der Waals surface area contributed by atoms with Crippen LogP contribution in [0, 0.1) is 5.92 Å². The molecular weight excluding hydrogens is 783 g/mol. The zero-order valence-corrected chi connectivity index (χ0v) is 35.0. The third-order valence-electron chi connectivity index (χ3n) is 13.1. The van der Waals surface area contributed by atoms with Crippen molar-refractivity contribution >= 4 is 93.7 Å². The van der Waals surface area contributed by atoms with E-state index < -0.39 is 0 Å². The third kappa shape index (κ3) is 5.71. The number of aliphatic imine (C=N–C) groups is 2. The van der Waals surface area contributed by atoms with E-state index in [4.69, 9.17) is 18.8 Å². The third-order valence-corrected chi connectivity index (χ3v) is 13.1. The van der Waals surface area contributed by atoms with E-state index in [-0.39, 0.29) is 5.92 Å². The molecule has 0 aliphatic carbocycles. The van der Waals surface area contributed by atoms with Gasteiger partial charge in [0.1, 0.15) is 16.7 Å². The first-order chi connectivity index (χ1) is 31.6. The maximum Gasteiger partial charge on any atom is 0.160 e. The number of fused-ring (bicyclic) bond motifs is 10. The zero-order chi connectivity index (χ0) is 42.3. The molecule has 0 fully saturated rings.